The first-order valence-corrected chi connectivity index (χ1v) is 11.5. The lowest BCUT2D eigenvalue weighted by molar-refractivity contribution is 0.0937. The highest BCUT2D eigenvalue weighted by molar-refractivity contribution is 5.99. The van der Waals surface area contributed by atoms with Crippen LogP contribution in [0.25, 0.3) is 11.0 Å². The summed E-state index contributed by atoms with van der Waals surface area (Å²) in [5.41, 5.74) is 7.30. The number of aromatic nitrogens is 2. The molecule has 1 aromatic carbocycles. The largest absolute Gasteiger partial charge is 0.396 e. The van der Waals surface area contributed by atoms with Crippen LogP contribution in [-0.2, 0) is 0 Å². The summed E-state index contributed by atoms with van der Waals surface area (Å²) in [6.07, 6.45) is 6.65. The number of anilines is 1. The Hall–Kier alpha value is -2.29. The second-order valence-corrected chi connectivity index (χ2v) is 8.51. The quantitative estimate of drug-likeness (QED) is 0.368. The molecule has 1 saturated carbocycles. The van der Waals surface area contributed by atoms with Crippen LogP contribution in [0.4, 0.5) is 5.82 Å². The fraction of sp³-hybridized carbons (Fsp3) is 0.609. The van der Waals surface area contributed by atoms with Crippen molar-refractivity contribution in [2.24, 2.45) is 11.7 Å². The molecule has 0 aliphatic heterocycles. The molecule has 1 fully saturated rings. The van der Waals surface area contributed by atoms with Crippen molar-refractivity contribution in [3.05, 3.63) is 30.0 Å². The number of aliphatic hydroxyl groups is 1. The fourth-order valence-electron chi connectivity index (χ4n) is 4.28. The van der Waals surface area contributed by atoms with Crippen molar-refractivity contribution >= 4 is 22.8 Å². The van der Waals surface area contributed by atoms with E-state index in [2.05, 4.69) is 32.8 Å². The van der Waals surface area contributed by atoms with Crippen LogP contribution in [0, 0.1) is 5.92 Å². The molecule has 31 heavy (non-hydrogen) atoms. The Labute approximate surface area is 184 Å². The third kappa shape index (κ3) is 6.35. The molecule has 1 amide bonds. The molecule has 6 N–H and O–H groups in total. The molecule has 1 aliphatic carbocycles. The molecule has 170 valence electrons. The lowest BCUT2D eigenvalue weighted by Gasteiger charge is -2.32. The monoisotopic (exact) mass is 428 g/mol. The second kappa shape index (κ2) is 11.4. The van der Waals surface area contributed by atoms with Gasteiger partial charge in [-0.1, -0.05) is 38.3 Å². The number of fused-ring (bicyclic) bond motifs is 1. The topological polar surface area (TPSA) is 125 Å². The molecule has 3 atom stereocenters. The summed E-state index contributed by atoms with van der Waals surface area (Å²) in [6, 6.07) is 8.15. The van der Waals surface area contributed by atoms with Gasteiger partial charge in [0.1, 0.15) is 0 Å². The summed E-state index contributed by atoms with van der Waals surface area (Å²) in [5.74, 6) is 0.0241. The van der Waals surface area contributed by atoms with Gasteiger partial charge in [-0.2, -0.15) is 0 Å². The Balaban J connectivity index is 1.77. The van der Waals surface area contributed by atoms with E-state index in [1.807, 2.05) is 24.3 Å². The van der Waals surface area contributed by atoms with E-state index >= 15 is 0 Å². The lowest BCUT2D eigenvalue weighted by atomic mass is 9.91. The number of nitrogens with zero attached hydrogens (tertiary/aromatic N) is 2. The van der Waals surface area contributed by atoms with Crippen molar-refractivity contribution in [2.45, 2.75) is 70.6 Å². The van der Waals surface area contributed by atoms with Crippen molar-refractivity contribution in [3.63, 3.8) is 0 Å². The number of carbonyl (C=O) groups excluding carboxylic acids is 1. The van der Waals surface area contributed by atoms with Crippen molar-refractivity contribution in [2.75, 3.05) is 18.5 Å². The Morgan fingerprint density at radius 2 is 1.87 bits per heavy atom. The van der Waals surface area contributed by atoms with Gasteiger partial charge in [0.25, 0.3) is 5.91 Å². The van der Waals surface area contributed by atoms with Crippen LogP contribution < -0.4 is 21.7 Å². The summed E-state index contributed by atoms with van der Waals surface area (Å²) in [5, 5.41) is 19.8. The molecule has 3 unspecified atom stereocenters. The molecule has 3 rings (SSSR count). The van der Waals surface area contributed by atoms with Gasteiger partial charge in [-0.25, -0.2) is 9.97 Å². The number of benzene rings is 1. The number of hydrogen-bond donors (Lipinski definition) is 5. The minimum Gasteiger partial charge on any atom is -0.396 e. The molecule has 0 bridgehead atoms. The van der Waals surface area contributed by atoms with Crippen molar-refractivity contribution in [1.29, 1.82) is 0 Å². The molecule has 1 heterocycles. The Morgan fingerprint density at radius 1 is 1.19 bits per heavy atom. The first kappa shape index (κ1) is 23.4. The van der Waals surface area contributed by atoms with Crippen LogP contribution in [-0.4, -0.2) is 52.4 Å². The first-order valence-electron chi connectivity index (χ1n) is 11.5. The maximum atomic E-state index is 12.7. The highest BCUT2D eigenvalue weighted by atomic mass is 16.3. The standard InChI is InChI=1S/C23H36N6O2/c1-3-18(27-17-9-5-4-6-10-17)16(14-30)13-25-22-21(23(31)26-15(2)24)28-19-11-7-8-12-20(19)29-22/h7-8,11-12,15-18,27,30H,3-6,9-10,13-14,24H2,1-2H3,(H,25,29)(H,26,31). The first-order chi connectivity index (χ1) is 15.0. The molecule has 8 heteroatoms. The number of amides is 1. The summed E-state index contributed by atoms with van der Waals surface area (Å²) in [4.78, 5) is 21.8. The predicted molar refractivity (Wildman–Crippen MR) is 124 cm³/mol. The third-order valence-corrected chi connectivity index (χ3v) is 5.97. The van der Waals surface area contributed by atoms with E-state index in [1.54, 1.807) is 6.92 Å². The molecule has 1 aromatic heterocycles. The average molecular weight is 429 g/mol. The Bertz CT molecular complexity index is 853. The van der Waals surface area contributed by atoms with Crippen molar-refractivity contribution < 1.29 is 9.90 Å². The van der Waals surface area contributed by atoms with Gasteiger partial charge in [0.15, 0.2) is 11.5 Å². The molecule has 0 spiro atoms. The number of nitrogens with two attached hydrogens (primary N) is 1. The van der Waals surface area contributed by atoms with E-state index in [0.717, 1.165) is 6.42 Å². The molecular formula is C23H36N6O2. The van der Waals surface area contributed by atoms with Gasteiger partial charge >= 0.3 is 0 Å². The zero-order valence-corrected chi connectivity index (χ0v) is 18.6. The summed E-state index contributed by atoms with van der Waals surface area (Å²) >= 11 is 0. The summed E-state index contributed by atoms with van der Waals surface area (Å²) in [6.45, 7) is 4.37. The predicted octanol–water partition coefficient (Wildman–Crippen LogP) is 2.39. The van der Waals surface area contributed by atoms with Crippen LogP contribution in [0.1, 0.15) is 62.9 Å². The lowest BCUT2D eigenvalue weighted by Crippen LogP contribution is -2.46. The van der Waals surface area contributed by atoms with Gasteiger partial charge in [0, 0.05) is 31.2 Å². The minimum atomic E-state index is -0.497. The van der Waals surface area contributed by atoms with Crippen LogP contribution in [0.15, 0.2) is 24.3 Å². The van der Waals surface area contributed by atoms with Crippen LogP contribution in [0.2, 0.25) is 0 Å². The van der Waals surface area contributed by atoms with E-state index in [4.69, 9.17) is 5.73 Å². The second-order valence-electron chi connectivity index (χ2n) is 8.51. The highest BCUT2D eigenvalue weighted by Crippen LogP contribution is 2.21. The molecule has 1 aliphatic rings. The minimum absolute atomic E-state index is 0.00969. The van der Waals surface area contributed by atoms with Crippen molar-refractivity contribution in [1.82, 2.24) is 20.6 Å². The third-order valence-electron chi connectivity index (χ3n) is 5.97. The van der Waals surface area contributed by atoms with Gasteiger partial charge in [-0.05, 0) is 38.3 Å². The van der Waals surface area contributed by atoms with Crippen LogP contribution in [0.3, 0.4) is 0 Å². The summed E-state index contributed by atoms with van der Waals surface area (Å²) < 4.78 is 0. The molecule has 0 radical (unpaired) electrons. The number of carbonyl (C=O) groups is 1. The fourth-order valence-corrected chi connectivity index (χ4v) is 4.28. The zero-order chi connectivity index (χ0) is 22.2. The number of para-hydroxylation sites is 2. The Morgan fingerprint density at radius 3 is 2.48 bits per heavy atom. The molecule has 0 saturated heterocycles. The van der Waals surface area contributed by atoms with Crippen LogP contribution >= 0.6 is 0 Å². The molecular weight excluding hydrogens is 392 g/mol. The van der Waals surface area contributed by atoms with E-state index in [1.165, 1.54) is 32.1 Å². The highest BCUT2D eigenvalue weighted by Gasteiger charge is 2.25. The van der Waals surface area contributed by atoms with Gasteiger partial charge in [-0.15, -0.1) is 0 Å². The normalized spacial score (nSPS) is 17.8. The van der Waals surface area contributed by atoms with Gasteiger partial charge in [0.2, 0.25) is 0 Å². The van der Waals surface area contributed by atoms with Crippen molar-refractivity contribution in [3.8, 4) is 0 Å². The SMILES string of the molecule is CCC(NC1CCCCC1)C(CO)CNc1nc2ccccc2nc1C(=O)NC(C)N. The number of hydrogen-bond acceptors (Lipinski definition) is 7. The summed E-state index contributed by atoms with van der Waals surface area (Å²) in [7, 11) is 0. The number of rotatable bonds is 10. The number of aliphatic hydroxyl groups excluding tert-OH is 1. The maximum Gasteiger partial charge on any atom is 0.274 e. The molecule has 8 nitrogen and oxygen atoms in total. The van der Waals surface area contributed by atoms with E-state index < -0.39 is 6.17 Å². The van der Waals surface area contributed by atoms with Gasteiger partial charge in [-0.3, -0.25) is 4.79 Å². The average Bonchev–Trinajstić information content (AvgIpc) is 2.78. The Kier molecular flexibility index (Phi) is 8.57. The van der Waals surface area contributed by atoms with E-state index in [0.29, 0.717) is 29.4 Å². The number of nitrogens with one attached hydrogen (secondary N) is 3. The van der Waals surface area contributed by atoms with E-state index in [-0.39, 0.29) is 30.2 Å². The smallest absolute Gasteiger partial charge is 0.274 e. The zero-order valence-electron chi connectivity index (χ0n) is 18.6. The van der Waals surface area contributed by atoms with Gasteiger partial charge in [0.05, 0.1) is 17.2 Å². The van der Waals surface area contributed by atoms with E-state index in [9.17, 15) is 9.90 Å². The van der Waals surface area contributed by atoms with Crippen LogP contribution in [0.5, 0.6) is 0 Å². The molecule has 2 aromatic rings. The van der Waals surface area contributed by atoms with Gasteiger partial charge < -0.3 is 26.8 Å². The maximum absolute atomic E-state index is 12.7.